The summed E-state index contributed by atoms with van der Waals surface area (Å²) in [6.45, 7) is 6.81. The minimum atomic E-state index is -3.35. The van der Waals surface area contributed by atoms with Crippen LogP contribution in [0.15, 0.2) is 28.5 Å². The van der Waals surface area contributed by atoms with Crippen LogP contribution in [0.1, 0.15) is 31.4 Å². The molecule has 0 saturated carbocycles. The van der Waals surface area contributed by atoms with Gasteiger partial charge in [-0.15, -0.1) is 0 Å². The van der Waals surface area contributed by atoms with Crippen LogP contribution < -0.4 is 15.2 Å². The number of sulfonamides is 1. The number of hydrogen-bond donors (Lipinski definition) is 2. The maximum Gasteiger partial charge on any atom is 0.211 e. The summed E-state index contributed by atoms with van der Waals surface area (Å²) in [5, 5.41) is 0.692. The SMILES string of the molecule is Cc1cc2c(cc1Sc1nc3c(N)ncnc3n1CCCS(=O)(=O)NC(C)C)OCC2. The smallest absolute Gasteiger partial charge is 0.211 e. The van der Waals surface area contributed by atoms with Crippen molar-refractivity contribution in [1.29, 1.82) is 0 Å². The van der Waals surface area contributed by atoms with Crippen LogP contribution in [0.4, 0.5) is 5.82 Å². The third-order valence-electron chi connectivity index (χ3n) is 4.92. The highest BCUT2D eigenvalue weighted by Gasteiger charge is 2.20. The predicted octanol–water partition coefficient (Wildman–Crippen LogP) is 2.52. The summed E-state index contributed by atoms with van der Waals surface area (Å²) in [4.78, 5) is 14.1. The molecule has 0 atom stereocenters. The third-order valence-corrected chi connectivity index (χ3v) is 7.73. The van der Waals surface area contributed by atoms with E-state index in [1.54, 1.807) is 13.8 Å². The van der Waals surface area contributed by atoms with Crippen molar-refractivity contribution in [2.24, 2.45) is 0 Å². The van der Waals surface area contributed by atoms with E-state index in [0.29, 0.717) is 41.7 Å². The Labute approximate surface area is 185 Å². The van der Waals surface area contributed by atoms with Crippen molar-refractivity contribution in [2.45, 2.75) is 56.3 Å². The van der Waals surface area contributed by atoms with Crippen LogP contribution in [0.3, 0.4) is 0 Å². The van der Waals surface area contributed by atoms with Crippen LogP contribution in [-0.2, 0) is 23.0 Å². The van der Waals surface area contributed by atoms with Gasteiger partial charge in [-0.05, 0) is 44.4 Å². The monoisotopic (exact) mass is 462 g/mol. The van der Waals surface area contributed by atoms with Crippen molar-refractivity contribution in [3.8, 4) is 5.75 Å². The maximum atomic E-state index is 12.2. The van der Waals surface area contributed by atoms with Gasteiger partial charge in [0.1, 0.15) is 12.1 Å². The van der Waals surface area contributed by atoms with Crippen molar-refractivity contribution >= 4 is 38.8 Å². The first kappa shape index (κ1) is 21.8. The molecule has 0 fully saturated rings. The Morgan fingerprint density at radius 2 is 2.13 bits per heavy atom. The molecular weight excluding hydrogens is 436 g/mol. The molecule has 0 amide bonds. The number of nitrogen functional groups attached to an aromatic ring is 1. The topological polar surface area (TPSA) is 125 Å². The Morgan fingerprint density at radius 3 is 2.90 bits per heavy atom. The van der Waals surface area contributed by atoms with Crippen LogP contribution in [-0.4, -0.2) is 46.3 Å². The third kappa shape index (κ3) is 4.78. The number of anilines is 1. The zero-order valence-corrected chi connectivity index (χ0v) is 19.4. The van der Waals surface area contributed by atoms with Gasteiger partial charge < -0.3 is 15.0 Å². The van der Waals surface area contributed by atoms with Crippen molar-refractivity contribution in [1.82, 2.24) is 24.2 Å². The Hall–Kier alpha value is -2.37. The zero-order chi connectivity index (χ0) is 22.2. The lowest BCUT2D eigenvalue weighted by molar-refractivity contribution is 0.356. The van der Waals surface area contributed by atoms with Crippen LogP contribution in [0.25, 0.3) is 11.2 Å². The van der Waals surface area contributed by atoms with Gasteiger partial charge in [0.25, 0.3) is 0 Å². The number of aromatic nitrogens is 4. The molecule has 1 aliphatic rings. The Morgan fingerprint density at radius 1 is 1.32 bits per heavy atom. The average Bonchev–Trinajstić information content (AvgIpc) is 3.26. The van der Waals surface area contributed by atoms with Gasteiger partial charge in [0.2, 0.25) is 10.0 Å². The molecule has 4 rings (SSSR count). The van der Waals surface area contributed by atoms with Gasteiger partial charge in [-0.1, -0.05) is 17.8 Å². The van der Waals surface area contributed by atoms with Crippen molar-refractivity contribution in [3.63, 3.8) is 0 Å². The quantitative estimate of drug-likeness (QED) is 0.523. The molecule has 2 aromatic heterocycles. The van der Waals surface area contributed by atoms with E-state index >= 15 is 0 Å². The number of fused-ring (bicyclic) bond motifs is 2. The Balaban J connectivity index is 1.64. The van der Waals surface area contributed by atoms with Gasteiger partial charge in [-0.3, -0.25) is 0 Å². The van der Waals surface area contributed by atoms with E-state index in [-0.39, 0.29) is 11.8 Å². The fourth-order valence-electron chi connectivity index (χ4n) is 3.58. The van der Waals surface area contributed by atoms with E-state index in [1.807, 2.05) is 10.6 Å². The average molecular weight is 463 g/mol. The lowest BCUT2D eigenvalue weighted by Crippen LogP contribution is -2.32. The van der Waals surface area contributed by atoms with Gasteiger partial charge >= 0.3 is 0 Å². The molecule has 3 N–H and O–H groups in total. The highest BCUT2D eigenvalue weighted by Crippen LogP contribution is 2.38. The molecule has 31 heavy (non-hydrogen) atoms. The number of nitrogens with two attached hydrogens (primary N) is 1. The molecule has 0 spiro atoms. The molecular formula is C20H26N6O3S2. The Bertz CT molecular complexity index is 1220. The molecule has 0 unspecified atom stereocenters. The molecule has 0 aliphatic carbocycles. The zero-order valence-electron chi connectivity index (χ0n) is 17.8. The molecule has 11 heteroatoms. The number of benzene rings is 1. The summed E-state index contributed by atoms with van der Waals surface area (Å²) in [5.74, 6) is 1.22. The molecule has 3 aromatic rings. The lowest BCUT2D eigenvalue weighted by atomic mass is 10.1. The van der Waals surface area contributed by atoms with Crippen LogP contribution in [0, 0.1) is 6.92 Å². The number of imidazole rings is 1. The van der Waals surface area contributed by atoms with Gasteiger partial charge in [0, 0.05) is 23.9 Å². The highest BCUT2D eigenvalue weighted by molar-refractivity contribution is 7.99. The van der Waals surface area contributed by atoms with Crippen LogP contribution >= 0.6 is 11.8 Å². The first-order chi connectivity index (χ1) is 14.7. The first-order valence-electron chi connectivity index (χ1n) is 10.1. The van der Waals surface area contributed by atoms with Gasteiger partial charge in [-0.25, -0.2) is 28.1 Å². The fourth-order valence-corrected chi connectivity index (χ4v) is 5.94. The number of ether oxygens (including phenoxy) is 1. The van der Waals surface area contributed by atoms with E-state index in [4.69, 9.17) is 10.5 Å². The number of nitrogens with one attached hydrogen (secondary N) is 1. The summed E-state index contributed by atoms with van der Waals surface area (Å²) in [7, 11) is -3.35. The van der Waals surface area contributed by atoms with Crippen LogP contribution in [0.2, 0.25) is 0 Å². The number of rotatable bonds is 8. The van der Waals surface area contributed by atoms with Crippen molar-refractivity contribution < 1.29 is 13.2 Å². The summed E-state index contributed by atoms with van der Waals surface area (Å²) >= 11 is 1.49. The molecule has 0 bridgehead atoms. The molecule has 1 aromatic carbocycles. The second-order valence-electron chi connectivity index (χ2n) is 7.85. The second kappa shape index (κ2) is 8.64. The summed E-state index contributed by atoms with van der Waals surface area (Å²) in [6.07, 6.45) is 2.73. The normalized spacial score (nSPS) is 13.7. The van der Waals surface area contributed by atoms with E-state index < -0.39 is 10.0 Å². The fraction of sp³-hybridized carbons (Fsp3) is 0.450. The van der Waals surface area contributed by atoms with Crippen molar-refractivity contribution in [3.05, 3.63) is 29.6 Å². The van der Waals surface area contributed by atoms with Gasteiger partial charge in [0.15, 0.2) is 22.1 Å². The summed E-state index contributed by atoms with van der Waals surface area (Å²) in [5.41, 5.74) is 9.49. The first-order valence-corrected chi connectivity index (χ1v) is 12.6. The highest BCUT2D eigenvalue weighted by atomic mass is 32.2. The molecule has 1 aliphatic heterocycles. The molecule has 166 valence electrons. The molecule has 9 nitrogen and oxygen atoms in total. The standard InChI is InChI=1S/C20H26N6O3S2/c1-12(2)25-31(27,28)8-4-6-26-19-17(18(21)22-11-23-19)24-20(26)30-16-10-15-14(5-7-29-15)9-13(16)3/h9-12,25H,4-8H2,1-3H3,(H2,21,22,23). The second-order valence-corrected chi connectivity index (χ2v) is 10.7. The molecule has 3 heterocycles. The molecule has 0 radical (unpaired) electrons. The number of aryl methyl sites for hydroxylation is 2. The largest absolute Gasteiger partial charge is 0.493 e. The lowest BCUT2D eigenvalue weighted by Gasteiger charge is -2.12. The van der Waals surface area contributed by atoms with Crippen LogP contribution in [0.5, 0.6) is 5.75 Å². The summed E-state index contributed by atoms with van der Waals surface area (Å²) in [6, 6.07) is 4.05. The van der Waals surface area contributed by atoms with Crippen molar-refractivity contribution in [2.75, 3.05) is 18.1 Å². The van der Waals surface area contributed by atoms with Gasteiger partial charge in [0.05, 0.1) is 12.4 Å². The van der Waals surface area contributed by atoms with E-state index in [2.05, 4.69) is 32.7 Å². The van der Waals surface area contributed by atoms with Gasteiger partial charge in [-0.2, -0.15) is 0 Å². The maximum absolute atomic E-state index is 12.2. The predicted molar refractivity (Wildman–Crippen MR) is 121 cm³/mol. The van der Waals surface area contributed by atoms with E-state index in [0.717, 1.165) is 22.6 Å². The van der Waals surface area contributed by atoms with E-state index in [1.165, 1.54) is 23.7 Å². The number of hydrogen-bond acceptors (Lipinski definition) is 8. The Kier molecular flexibility index (Phi) is 6.09. The van der Waals surface area contributed by atoms with E-state index in [9.17, 15) is 8.42 Å². The number of nitrogens with zero attached hydrogens (tertiary/aromatic N) is 4. The summed E-state index contributed by atoms with van der Waals surface area (Å²) < 4.78 is 34.7. The minimum Gasteiger partial charge on any atom is -0.493 e. The molecule has 0 saturated heterocycles. The minimum absolute atomic E-state index is 0.0151.